The summed E-state index contributed by atoms with van der Waals surface area (Å²) in [6.45, 7) is 5.37. The van der Waals surface area contributed by atoms with Crippen LogP contribution in [0.2, 0.25) is 0 Å². The molecule has 2 aromatic carbocycles. The maximum Gasteiger partial charge on any atom is 0.240 e. The maximum absolute atomic E-state index is 13.1. The first-order chi connectivity index (χ1) is 16.9. The predicted molar refractivity (Wildman–Crippen MR) is 137 cm³/mol. The second kappa shape index (κ2) is 11.1. The van der Waals surface area contributed by atoms with E-state index in [1.54, 1.807) is 38.6 Å². The van der Waals surface area contributed by atoms with Crippen LogP contribution < -0.4 is 19.1 Å². The Labute approximate surface area is 207 Å². The van der Waals surface area contributed by atoms with Crippen LogP contribution in [0, 0.1) is 6.92 Å². The van der Waals surface area contributed by atoms with Gasteiger partial charge in [0.2, 0.25) is 10.0 Å². The zero-order chi connectivity index (χ0) is 24.8. The summed E-state index contributed by atoms with van der Waals surface area (Å²) in [4.78, 5) is 9.15. The van der Waals surface area contributed by atoms with Crippen molar-refractivity contribution in [1.29, 1.82) is 0 Å². The van der Waals surface area contributed by atoms with E-state index < -0.39 is 10.0 Å². The van der Waals surface area contributed by atoms with Gasteiger partial charge in [0.1, 0.15) is 11.5 Å². The zero-order valence-corrected chi connectivity index (χ0v) is 21.2. The van der Waals surface area contributed by atoms with Crippen molar-refractivity contribution in [3.05, 3.63) is 78.1 Å². The van der Waals surface area contributed by atoms with Crippen LogP contribution in [-0.2, 0) is 10.0 Å². The number of hydrogen-bond acceptors (Lipinski definition) is 7. The van der Waals surface area contributed by atoms with Gasteiger partial charge in [-0.1, -0.05) is 6.07 Å². The number of aromatic nitrogens is 1. The molecule has 0 unspecified atom stereocenters. The van der Waals surface area contributed by atoms with Gasteiger partial charge in [-0.25, -0.2) is 13.1 Å². The van der Waals surface area contributed by atoms with Gasteiger partial charge in [-0.2, -0.15) is 0 Å². The molecule has 0 radical (unpaired) electrons. The molecule has 1 N–H and O–H groups in total. The molecule has 0 amide bonds. The van der Waals surface area contributed by atoms with Crippen LogP contribution in [0.5, 0.6) is 11.5 Å². The van der Waals surface area contributed by atoms with E-state index in [0.29, 0.717) is 5.75 Å². The monoisotopic (exact) mass is 496 g/mol. The second-order valence-electron chi connectivity index (χ2n) is 8.51. The Hall–Kier alpha value is -3.14. The fraction of sp³-hybridized carbons (Fsp3) is 0.346. The fourth-order valence-electron chi connectivity index (χ4n) is 4.41. The summed E-state index contributed by atoms with van der Waals surface area (Å²) in [5.41, 5.74) is 2.91. The number of pyridine rings is 1. The van der Waals surface area contributed by atoms with E-state index in [9.17, 15) is 8.42 Å². The molecule has 1 aliphatic rings. The summed E-state index contributed by atoms with van der Waals surface area (Å²) < 4.78 is 39.5. The Bertz CT molecular complexity index is 1210. The normalized spacial score (nSPS) is 15.6. The molecule has 1 saturated heterocycles. The van der Waals surface area contributed by atoms with Gasteiger partial charge >= 0.3 is 0 Å². The summed E-state index contributed by atoms with van der Waals surface area (Å²) >= 11 is 0. The first-order valence-electron chi connectivity index (χ1n) is 11.6. The molecule has 8 nitrogen and oxygen atoms in total. The van der Waals surface area contributed by atoms with Gasteiger partial charge in [-0.3, -0.25) is 9.88 Å². The molecule has 3 aromatic rings. The molecule has 0 saturated carbocycles. The van der Waals surface area contributed by atoms with E-state index in [1.165, 1.54) is 0 Å². The van der Waals surface area contributed by atoms with E-state index in [4.69, 9.17) is 9.47 Å². The number of nitrogens with zero attached hydrogens (tertiary/aromatic N) is 3. The highest BCUT2D eigenvalue weighted by atomic mass is 32.2. The third kappa shape index (κ3) is 5.93. The average Bonchev–Trinajstić information content (AvgIpc) is 2.90. The number of ether oxygens (including phenoxy) is 2. The number of nitrogens with one attached hydrogen (secondary N) is 1. The molecule has 0 aliphatic carbocycles. The highest BCUT2D eigenvalue weighted by Crippen LogP contribution is 2.26. The Balaban J connectivity index is 1.47. The van der Waals surface area contributed by atoms with Gasteiger partial charge in [-0.15, -0.1) is 0 Å². The smallest absolute Gasteiger partial charge is 0.240 e. The second-order valence-corrected chi connectivity index (χ2v) is 10.3. The van der Waals surface area contributed by atoms with Crippen molar-refractivity contribution in [1.82, 2.24) is 14.6 Å². The minimum absolute atomic E-state index is 0.129. The highest BCUT2D eigenvalue weighted by molar-refractivity contribution is 7.89. The van der Waals surface area contributed by atoms with Gasteiger partial charge in [-0.05, 0) is 66.6 Å². The van der Waals surface area contributed by atoms with Crippen molar-refractivity contribution in [2.75, 3.05) is 51.8 Å². The van der Waals surface area contributed by atoms with Gasteiger partial charge < -0.3 is 14.4 Å². The van der Waals surface area contributed by atoms with Crippen LogP contribution in [-0.4, -0.2) is 65.2 Å². The van der Waals surface area contributed by atoms with Crippen molar-refractivity contribution < 1.29 is 17.9 Å². The predicted octanol–water partition coefficient (Wildman–Crippen LogP) is 3.25. The van der Waals surface area contributed by atoms with E-state index in [0.717, 1.165) is 48.7 Å². The molecule has 4 rings (SSSR count). The Morgan fingerprint density at radius 1 is 1.00 bits per heavy atom. The summed E-state index contributed by atoms with van der Waals surface area (Å²) in [5, 5.41) is 0. The molecule has 1 aliphatic heterocycles. The van der Waals surface area contributed by atoms with Crippen LogP contribution in [0.4, 0.5) is 5.69 Å². The summed E-state index contributed by atoms with van der Waals surface area (Å²) in [6.07, 6.45) is 3.54. The number of piperazine rings is 1. The molecule has 186 valence electrons. The third-order valence-electron chi connectivity index (χ3n) is 6.41. The Morgan fingerprint density at radius 2 is 1.74 bits per heavy atom. The van der Waals surface area contributed by atoms with E-state index in [-0.39, 0.29) is 17.5 Å². The lowest BCUT2D eigenvalue weighted by molar-refractivity contribution is 0.186. The van der Waals surface area contributed by atoms with Crippen molar-refractivity contribution in [2.45, 2.75) is 17.9 Å². The van der Waals surface area contributed by atoms with Gasteiger partial charge in [0.05, 0.1) is 25.2 Å². The first kappa shape index (κ1) is 25.0. The lowest BCUT2D eigenvalue weighted by atomic mass is 10.1. The van der Waals surface area contributed by atoms with Crippen LogP contribution in [0.25, 0.3) is 0 Å². The first-order valence-corrected chi connectivity index (χ1v) is 13.1. The third-order valence-corrected chi connectivity index (χ3v) is 7.83. The lowest BCUT2D eigenvalue weighted by Gasteiger charge is -2.40. The van der Waals surface area contributed by atoms with E-state index in [2.05, 4.69) is 31.6 Å². The number of hydrogen-bond donors (Lipinski definition) is 1. The molecule has 9 heteroatoms. The number of sulfonamides is 1. The average molecular weight is 497 g/mol. The SMILES string of the molecule is COc1ccc(N2CCN([C@@H](CNS(=O)(=O)c3ccc(OC)c(C)c3)c3cccnc3)CC2)cc1. The van der Waals surface area contributed by atoms with E-state index in [1.807, 2.05) is 37.4 Å². The Morgan fingerprint density at radius 3 is 2.34 bits per heavy atom. The molecule has 1 fully saturated rings. The summed E-state index contributed by atoms with van der Waals surface area (Å²) in [5.74, 6) is 1.50. The minimum atomic E-state index is -3.68. The van der Waals surface area contributed by atoms with Crippen LogP contribution in [0.1, 0.15) is 17.2 Å². The standard InChI is InChI=1S/C26H32N4O4S/c1-20-17-24(10-11-26(20)34-3)35(31,32)28-19-25(21-5-4-12-27-18-21)30-15-13-29(14-16-30)22-6-8-23(33-2)9-7-22/h4-12,17-18,25,28H,13-16,19H2,1-3H3/t25-/m0/s1. The molecular formula is C26H32N4O4S. The number of benzene rings is 2. The van der Waals surface area contributed by atoms with Crippen molar-refractivity contribution in [3.8, 4) is 11.5 Å². The molecule has 1 atom stereocenters. The fourth-order valence-corrected chi connectivity index (χ4v) is 5.53. The molecule has 0 bridgehead atoms. The van der Waals surface area contributed by atoms with Gasteiger partial charge in [0.25, 0.3) is 0 Å². The number of rotatable bonds is 9. The number of aryl methyl sites for hydroxylation is 1. The zero-order valence-electron chi connectivity index (χ0n) is 20.3. The summed E-state index contributed by atoms with van der Waals surface area (Å²) in [6, 6.07) is 16.7. The number of methoxy groups -OCH3 is 2. The van der Waals surface area contributed by atoms with Crippen LogP contribution in [0.15, 0.2) is 71.9 Å². The van der Waals surface area contributed by atoms with Gasteiger partial charge in [0, 0.05) is 50.8 Å². The number of anilines is 1. The molecule has 2 heterocycles. The Kier molecular flexibility index (Phi) is 7.90. The van der Waals surface area contributed by atoms with Crippen molar-refractivity contribution in [3.63, 3.8) is 0 Å². The van der Waals surface area contributed by atoms with Crippen LogP contribution >= 0.6 is 0 Å². The maximum atomic E-state index is 13.1. The lowest BCUT2D eigenvalue weighted by Crippen LogP contribution is -2.50. The van der Waals surface area contributed by atoms with Gasteiger partial charge in [0.15, 0.2) is 0 Å². The van der Waals surface area contributed by atoms with Crippen molar-refractivity contribution >= 4 is 15.7 Å². The van der Waals surface area contributed by atoms with Crippen molar-refractivity contribution in [2.24, 2.45) is 0 Å². The minimum Gasteiger partial charge on any atom is -0.497 e. The molecule has 1 aromatic heterocycles. The van der Waals surface area contributed by atoms with Crippen LogP contribution in [0.3, 0.4) is 0 Å². The molecule has 0 spiro atoms. The molecular weight excluding hydrogens is 464 g/mol. The highest BCUT2D eigenvalue weighted by Gasteiger charge is 2.27. The molecule has 35 heavy (non-hydrogen) atoms. The topological polar surface area (TPSA) is 84.0 Å². The quantitative estimate of drug-likeness (QED) is 0.487. The summed E-state index contributed by atoms with van der Waals surface area (Å²) in [7, 11) is -0.451. The largest absolute Gasteiger partial charge is 0.497 e. The van der Waals surface area contributed by atoms with E-state index >= 15 is 0 Å².